The quantitative estimate of drug-likeness (QED) is 0.167. The summed E-state index contributed by atoms with van der Waals surface area (Å²) in [5.41, 5.74) is 4.63. The fourth-order valence-electron chi connectivity index (χ4n) is 8.85. The number of aliphatic hydroxyl groups is 1. The van der Waals surface area contributed by atoms with E-state index in [0.29, 0.717) is 6.54 Å². The van der Waals surface area contributed by atoms with Crippen LogP contribution in [0.4, 0.5) is 10.5 Å². The number of carbonyl (C=O) groups is 2. The van der Waals surface area contributed by atoms with Gasteiger partial charge < -0.3 is 30.5 Å². The van der Waals surface area contributed by atoms with E-state index in [9.17, 15) is 14.7 Å². The monoisotopic (exact) mass is 669 g/mol. The average molecular weight is 670 g/mol. The zero-order chi connectivity index (χ0) is 33.3. The summed E-state index contributed by atoms with van der Waals surface area (Å²) in [5.74, 6) is 3.08. The molecule has 4 saturated carbocycles. The molecule has 48 heavy (non-hydrogen) atoms. The summed E-state index contributed by atoms with van der Waals surface area (Å²) in [4.78, 5) is 25.5. The highest BCUT2D eigenvalue weighted by Crippen LogP contribution is 2.55. The van der Waals surface area contributed by atoms with Crippen LogP contribution >= 0.6 is 11.8 Å². The standard InChI is InChI=1S/C39H47N3O5S/c1-24-35(23-48-34-13-11-33(12-14-34)41-25(2)44)46-37(47-36(24)31-7-5-27(22-43)6-8-31)32-9-3-26(4-10-32)21-40-38(45)42-39-18-28-15-29(19-39)17-30(16-28)20-39/h3-14,24,28-30,35-37,43H,15-23H2,1-2H3,(H,41,44)(H2,40,42,45)/t24-,28?,29?,30?,35+,36+,37+,39?/m1/s1. The van der Waals surface area contributed by atoms with Gasteiger partial charge in [0.25, 0.3) is 0 Å². The number of benzene rings is 3. The van der Waals surface area contributed by atoms with Crippen LogP contribution in [0.15, 0.2) is 77.7 Å². The van der Waals surface area contributed by atoms with Crippen LogP contribution in [0.2, 0.25) is 0 Å². The van der Waals surface area contributed by atoms with Gasteiger partial charge in [-0.1, -0.05) is 55.5 Å². The van der Waals surface area contributed by atoms with Gasteiger partial charge in [0.2, 0.25) is 5.91 Å². The van der Waals surface area contributed by atoms with Gasteiger partial charge in [-0.15, -0.1) is 11.8 Å². The average Bonchev–Trinajstić information content (AvgIpc) is 3.07. The van der Waals surface area contributed by atoms with Crippen molar-refractivity contribution in [2.24, 2.45) is 23.7 Å². The van der Waals surface area contributed by atoms with E-state index in [0.717, 1.165) is 75.6 Å². The van der Waals surface area contributed by atoms with Gasteiger partial charge >= 0.3 is 6.03 Å². The van der Waals surface area contributed by atoms with Crippen LogP contribution in [-0.4, -0.2) is 34.4 Å². The molecule has 1 heterocycles. The summed E-state index contributed by atoms with van der Waals surface area (Å²) in [5, 5.41) is 18.9. The molecule has 9 heteroatoms. The molecule has 0 aromatic heterocycles. The van der Waals surface area contributed by atoms with Crippen LogP contribution in [0, 0.1) is 23.7 Å². The highest BCUT2D eigenvalue weighted by atomic mass is 32.2. The molecule has 3 aromatic carbocycles. The third-order valence-corrected chi connectivity index (χ3v) is 11.9. The summed E-state index contributed by atoms with van der Waals surface area (Å²) in [6, 6.07) is 23.9. The lowest BCUT2D eigenvalue weighted by atomic mass is 9.53. The molecule has 4 bridgehead atoms. The lowest BCUT2D eigenvalue weighted by Crippen LogP contribution is -2.61. The molecule has 4 aliphatic carbocycles. The largest absolute Gasteiger partial charge is 0.392 e. The van der Waals surface area contributed by atoms with Gasteiger partial charge in [-0.05, 0) is 97.2 Å². The van der Waals surface area contributed by atoms with Gasteiger partial charge in [0.1, 0.15) is 0 Å². The minimum atomic E-state index is -0.558. The van der Waals surface area contributed by atoms with Crippen molar-refractivity contribution in [1.82, 2.24) is 10.6 Å². The highest BCUT2D eigenvalue weighted by Gasteiger charge is 2.51. The molecule has 3 amide bonds. The Bertz CT molecular complexity index is 1540. The zero-order valence-electron chi connectivity index (χ0n) is 27.8. The molecule has 254 valence electrons. The van der Waals surface area contributed by atoms with Crippen LogP contribution in [0.1, 0.15) is 87.0 Å². The van der Waals surface area contributed by atoms with Crippen molar-refractivity contribution in [2.45, 2.75) is 94.5 Å². The van der Waals surface area contributed by atoms with Crippen molar-refractivity contribution >= 4 is 29.4 Å². The van der Waals surface area contributed by atoms with Crippen molar-refractivity contribution in [2.75, 3.05) is 11.1 Å². The Hall–Kier alpha value is -3.37. The zero-order valence-corrected chi connectivity index (χ0v) is 28.6. The molecule has 1 aliphatic heterocycles. The van der Waals surface area contributed by atoms with E-state index in [1.165, 1.54) is 26.2 Å². The van der Waals surface area contributed by atoms with Gasteiger partial charge in [0.05, 0.1) is 18.8 Å². The molecule has 0 radical (unpaired) electrons. The predicted molar refractivity (Wildman–Crippen MR) is 187 cm³/mol. The molecule has 4 N–H and O–H groups in total. The van der Waals surface area contributed by atoms with E-state index in [4.69, 9.17) is 9.47 Å². The third kappa shape index (κ3) is 7.59. The Balaban J connectivity index is 0.998. The molecule has 8 nitrogen and oxygen atoms in total. The van der Waals surface area contributed by atoms with Crippen LogP contribution in [0.5, 0.6) is 0 Å². The third-order valence-electron chi connectivity index (χ3n) is 10.8. The molecular weight excluding hydrogens is 623 g/mol. The number of amides is 3. The lowest BCUT2D eigenvalue weighted by molar-refractivity contribution is -0.268. The molecule has 0 unspecified atom stereocenters. The topological polar surface area (TPSA) is 109 Å². The highest BCUT2D eigenvalue weighted by molar-refractivity contribution is 7.99. The first-order valence-corrected chi connectivity index (χ1v) is 18.4. The van der Waals surface area contributed by atoms with Crippen LogP contribution in [-0.2, 0) is 27.4 Å². The fourth-order valence-corrected chi connectivity index (χ4v) is 9.92. The van der Waals surface area contributed by atoms with Gasteiger partial charge in [-0.2, -0.15) is 0 Å². The first kappa shape index (κ1) is 33.1. The summed E-state index contributed by atoms with van der Waals surface area (Å²) in [6.45, 7) is 4.12. The molecule has 5 fully saturated rings. The second-order valence-corrected chi connectivity index (χ2v) is 15.7. The Kier molecular flexibility index (Phi) is 9.83. The van der Waals surface area contributed by atoms with Crippen LogP contribution in [0.3, 0.4) is 0 Å². The van der Waals surface area contributed by atoms with Gasteiger partial charge in [-0.3, -0.25) is 4.79 Å². The smallest absolute Gasteiger partial charge is 0.315 e. The Morgan fingerprint density at radius 3 is 2.04 bits per heavy atom. The van der Waals surface area contributed by atoms with Crippen molar-refractivity contribution in [1.29, 1.82) is 0 Å². The Labute approximate surface area is 287 Å². The molecule has 8 rings (SSSR count). The van der Waals surface area contributed by atoms with Crippen LogP contribution in [0.25, 0.3) is 0 Å². The van der Waals surface area contributed by atoms with Gasteiger partial charge in [0.15, 0.2) is 6.29 Å². The Morgan fingerprint density at radius 1 is 0.833 bits per heavy atom. The molecular formula is C39H47N3O5S. The maximum Gasteiger partial charge on any atom is 0.315 e. The maximum atomic E-state index is 13.0. The van der Waals surface area contributed by atoms with Crippen molar-refractivity contribution < 1.29 is 24.2 Å². The number of aliphatic hydroxyl groups excluding tert-OH is 1. The number of nitrogens with one attached hydrogen (secondary N) is 3. The summed E-state index contributed by atoms with van der Waals surface area (Å²) in [7, 11) is 0. The first-order chi connectivity index (χ1) is 23.2. The number of anilines is 1. The molecule has 3 aromatic rings. The maximum absolute atomic E-state index is 13.0. The molecule has 5 aliphatic rings. The van der Waals surface area contributed by atoms with E-state index < -0.39 is 6.29 Å². The SMILES string of the molecule is CC(=O)Nc1ccc(SC[C@@H]2O[C@H](c3ccc(CNC(=O)NC45CC6CC(CC(C6)C4)C5)cc3)O[C@H](c3ccc(CO)cc3)[C@@H]2C)cc1. The number of ether oxygens (including phenoxy) is 2. The van der Waals surface area contributed by atoms with Crippen molar-refractivity contribution in [3.8, 4) is 0 Å². The second kappa shape index (κ2) is 14.2. The molecule has 1 saturated heterocycles. The van der Waals surface area contributed by atoms with E-state index in [1.54, 1.807) is 11.8 Å². The number of hydrogen-bond acceptors (Lipinski definition) is 6. The van der Waals surface area contributed by atoms with Crippen LogP contribution < -0.4 is 16.0 Å². The van der Waals surface area contributed by atoms with Crippen molar-refractivity contribution in [3.05, 3.63) is 95.1 Å². The Morgan fingerprint density at radius 2 is 1.44 bits per heavy atom. The second-order valence-electron chi connectivity index (χ2n) is 14.6. The first-order valence-electron chi connectivity index (χ1n) is 17.4. The number of carbonyl (C=O) groups excluding carboxylic acids is 2. The minimum absolute atomic E-state index is 0.00177. The van der Waals surface area contributed by atoms with Gasteiger partial charge in [-0.25, -0.2) is 4.79 Å². The summed E-state index contributed by atoms with van der Waals surface area (Å²) < 4.78 is 13.3. The summed E-state index contributed by atoms with van der Waals surface area (Å²) in [6.07, 6.45) is 6.63. The number of hydrogen-bond donors (Lipinski definition) is 4. The van der Waals surface area contributed by atoms with Gasteiger partial charge in [0, 0.05) is 46.8 Å². The predicted octanol–water partition coefficient (Wildman–Crippen LogP) is 7.49. The summed E-state index contributed by atoms with van der Waals surface area (Å²) >= 11 is 1.72. The number of thioether (sulfide) groups is 1. The van der Waals surface area contributed by atoms with E-state index in [2.05, 4.69) is 22.9 Å². The number of rotatable bonds is 10. The van der Waals surface area contributed by atoms with E-state index in [-0.39, 0.29) is 42.2 Å². The number of urea groups is 1. The lowest BCUT2D eigenvalue weighted by Gasteiger charge is -2.56. The fraction of sp³-hybridized carbons (Fsp3) is 0.487. The molecule has 4 atom stereocenters. The van der Waals surface area contributed by atoms with E-state index in [1.807, 2.05) is 72.8 Å². The van der Waals surface area contributed by atoms with Crippen molar-refractivity contribution in [3.63, 3.8) is 0 Å². The molecule has 0 spiro atoms. The van der Waals surface area contributed by atoms with E-state index >= 15 is 0 Å². The normalized spacial score (nSPS) is 30.5. The minimum Gasteiger partial charge on any atom is -0.392 e.